The van der Waals surface area contributed by atoms with E-state index in [0.717, 1.165) is 11.1 Å². The summed E-state index contributed by atoms with van der Waals surface area (Å²) in [6.07, 6.45) is 2.53. The molecule has 2 aliphatic carbocycles. The Bertz CT molecular complexity index is 780. The van der Waals surface area contributed by atoms with Crippen LogP contribution in [0.3, 0.4) is 0 Å². The molecule has 0 amide bonds. The second-order valence-electron chi connectivity index (χ2n) is 6.96. The van der Waals surface area contributed by atoms with Crippen LogP contribution in [-0.4, -0.2) is 29.9 Å². The number of hydrogen-bond acceptors (Lipinski definition) is 5. The van der Waals surface area contributed by atoms with E-state index in [1.807, 2.05) is 13.8 Å². The zero-order chi connectivity index (χ0) is 18.5. The molecule has 1 fully saturated rings. The van der Waals surface area contributed by atoms with Crippen LogP contribution in [0, 0.1) is 11.8 Å². The zero-order valence-corrected chi connectivity index (χ0v) is 14.9. The van der Waals surface area contributed by atoms with Crippen molar-refractivity contribution in [2.75, 3.05) is 0 Å². The minimum Gasteiger partial charge on any atom is -0.458 e. The van der Waals surface area contributed by atoms with Gasteiger partial charge < -0.3 is 9.47 Å². The summed E-state index contributed by atoms with van der Waals surface area (Å²) in [5, 5.41) is 0. The second-order valence-corrected chi connectivity index (χ2v) is 6.96. The van der Waals surface area contributed by atoms with Crippen LogP contribution in [0.25, 0.3) is 0 Å². The molecule has 0 bridgehead atoms. The molecule has 0 saturated carbocycles. The average Bonchev–Trinajstić information content (AvgIpc) is 2.96. The van der Waals surface area contributed by atoms with Gasteiger partial charge in [-0.2, -0.15) is 0 Å². The minimum absolute atomic E-state index is 0.0519. The Labute approximate surface area is 147 Å². The Balaban J connectivity index is 2.04. The number of hydrogen-bond donors (Lipinski definition) is 0. The number of allylic oxidation sites excluding steroid dienone is 2. The molecule has 5 heteroatoms. The number of carbonyl (C=O) groups excluding carboxylic acids is 3. The molecule has 0 aromatic rings. The van der Waals surface area contributed by atoms with Gasteiger partial charge in [0, 0.05) is 29.1 Å². The van der Waals surface area contributed by atoms with E-state index < -0.39 is 30.1 Å². The smallest absolute Gasteiger partial charge is 0.334 e. The molecule has 0 N–H and O–H groups in total. The Morgan fingerprint density at radius 2 is 2.04 bits per heavy atom. The van der Waals surface area contributed by atoms with Crippen molar-refractivity contribution in [2.24, 2.45) is 11.8 Å². The molecular formula is C20H22O5. The minimum atomic E-state index is -0.579. The zero-order valence-electron chi connectivity index (χ0n) is 14.9. The first-order chi connectivity index (χ1) is 11.8. The van der Waals surface area contributed by atoms with Gasteiger partial charge in [0.05, 0.1) is 5.92 Å². The molecule has 0 radical (unpaired) electrons. The molecule has 5 nitrogen and oxygen atoms in total. The third-order valence-corrected chi connectivity index (χ3v) is 5.40. The lowest BCUT2D eigenvalue weighted by molar-refractivity contribution is -0.148. The van der Waals surface area contributed by atoms with Crippen molar-refractivity contribution < 1.29 is 23.9 Å². The Hall–Kier alpha value is -2.43. The number of ether oxygens (including phenoxy) is 2. The summed E-state index contributed by atoms with van der Waals surface area (Å²) in [5.74, 6) is -1.70. The van der Waals surface area contributed by atoms with Gasteiger partial charge in [0.15, 0.2) is 5.78 Å². The molecule has 1 heterocycles. The lowest BCUT2D eigenvalue weighted by atomic mass is 9.82. The molecule has 0 aromatic heterocycles. The van der Waals surface area contributed by atoms with Gasteiger partial charge in [0.25, 0.3) is 0 Å². The molecule has 3 aliphatic rings. The summed E-state index contributed by atoms with van der Waals surface area (Å²) in [4.78, 5) is 36.8. The molecule has 0 aromatic carbocycles. The molecule has 3 rings (SSSR count). The van der Waals surface area contributed by atoms with Crippen molar-refractivity contribution >= 4 is 17.7 Å². The number of rotatable bonds is 2. The molecule has 1 saturated heterocycles. The topological polar surface area (TPSA) is 69.7 Å². The molecule has 4 atom stereocenters. The number of fused-ring (bicyclic) bond motifs is 3. The quantitative estimate of drug-likeness (QED) is 0.570. The molecule has 132 valence electrons. The van der Waals surface area contributed by atoms with Gasteiger partial charge in [-0.1, -0.05) is 23.8 Å². The molecule has 25 heavy (non-hydrogen) atoms. The Morgan fingerprint density at radius 1 is 1.36 bits per heavy atom. The molecular weight excluding hydrogens is 320 g/mol. The standard InChI is InChI=1S/C20H22O5/c1-6-9(2)19(22)24-14-8-11(4)15-13(21)7-10(3)16(15)18-17(14)12(5)20(23)25-18/h6-7,14,16-18H,5,8H2,1-4H3/b9-6-/t14-,16-,17+,18-/m0/s1. The van der Waals surface area contributed by atoms with E-state index >= 15 is 0 Å². The van der Waals surface area contributed by atoms with Crippen LogP contribution in [0.4, 0.5) is 0 Å². The van der Waals surface area contributed by atoms with Crippen molar-refractivity contribution in [1.29, 1.82) is 0 Å². The maximum Gasteiger partial charge on any atom is 0.334 e. The van der Waals surface area contributed by atoms with Crippen LogP contribution in [0.5, 0.6) is 0 Å². The summed E-state index contributed by atoms with van der Waals surface area (Å²) in [7, 11) is 0. The van der Waals surface area contributed by atoms with Crippen LogP contribution >= 0.6 is 0 Å². The predicted molar refractivity (Wildman–Crippen MR) is 91.4 cm³/mol. The van der Waals surface area contributed by atoms with E-state index in [2.05, 4.69) is 6.58 Å². The van der Waals surface area contributed by atoms with Crippen LogP contribution < -0.4 is 0 Å². The third kappa shape index (κ3) is 2.68. The summed E-state index contributed by atoms with van der Waals surface area (Å²) >= 11 is 0. The third-order valence-electron chi connectivity index (χ3n) is 5.40. The maximum absolute atomic E-state index is 12.4. The van der Waals surface area contributed by atoms with Gasteiger partial charge in [-0.3, -0.25) is 4.79 Å². The second kappa shape index (κ2) is 6.14. The molecule has 1 aliphatic heterocycles. The first-order valence-corrected chi connectivity index (χ1v) is 8.42. The summed E-state index contributed by atoms with van der Waals surface area (Å²) < 4.78 is 11.3. The van der Waals surface area contributed by atoms with Crippen molar-refractivity contribution in [1.82, 2.24) is 0 Å². The van der Waals surface area contributed by atoms with Crippen LogP contribution in [-0.2, 0) is 23.9 Å². The highest BCUT2D eigenvalue weighted by Crippen LogP contribution is 2.48. The first kappa shape index (κ1) is 17.4. The Morgan fingerprint density at radius 3 is 2.68 bits per heavy atom. The van der Waals surface area contributed by atoms with Gasteiger partial charge in [-0.15, -0.1) is 0 Å². The van der Waals surface area contributed by atoms with Gasteiger partial charge >= 0.3 is 11.9 Å². The van der Waals surface area contributed by atoms with E-state index in [1.54, 1.807) is 26.0 Å². The van der Waals surface area contributed by atoms with Gasteiger partial charge in [0.2, 0.25) is 0 Å². The summed E-state index contributed by atoms with van der Waals surface area (Å²) in [6.45, 7) is 11.0. The van der Waals surface area contributed by atoms with Crippen molar-refractivity contribution in [3.8, 4) is 0 Å². The van der Waals surface area contributed by atoms with Gasteiger partial charge in [-0.05, 0) is 33.8 Å². The highest BCUT2D eigenvalue weighted by Gasteiger charge is 2.53. The van der Waals surface area contributed by atoms with E-state index in [0.29, 0.717) is 23.1 Å². The highest BCUT2D eigenvalue weighted by molar-refractivity contribution is 6.09. The normalized spacial score (nSPS) is 32.1. The summed E-state index contributed by atoms with van der Waals surface area (Å²) in [5.41, 5.74) is 3.21. The average molecular weight is 342 g/mol. The fourth-order valence-electron chi connectivity index (χ4n) is 3.97. The Kier molecular flexibility index (Phi) is 4.27. The van der Waals surface area contributed by atoms with E-state index in [4.69, 9.17) is 9.47 Å². The first-order valence-electron chi connectivity index (χ1n) is 8.42. The van der Waals surface area contributed by atoms with Crippen LogP contribution in [0.2, 0.25) is 0 Å². The predicted octanol–water partition coefficient (Wildman–Crippen LogP) is 2.83. The highest BCUT2D eigenvalue weighted by atomic mass is 16.6. The van der Waals surface area contributed by atoms with E-state index in [1.165, 1.54) is 0 Å². The van der Waals surface area contributed by atoms with E-state index in [9.17, 15) is 14.4 Å². The maximum atomic E-state index is 12.4. The SMILES string of the molecule is C=C1C(=O)O[C@H]2[C@H]3C(C)=CC(=O)C3=C(C)C[C@H](OC(=O)/C(C)=C\C)[C@@H]12. The van der Waals surface area contributed by atoms with Gasteiger partial charge in [-0.25, -0.2) is 9.59 Å². The van der Waals surface area contributed by atoms with Crippen molar-refractivity contribution in [3.63, 3.8) is 0 Å². The lowest BCUT2D eigenvalue weighted by Crippen LogP contribution is -2.36. The summed E-state index contributed by atoms with van der Waals surface area (Å²) in [6, 6.07) is 0. The number of esters is 2. The van der Waals surface area contributed by atoms with E-state index in [-0.39, 0.29) is 11.7 Å². The van der Waals surface area contributed by atoms with Crippen LogP contribution in [0.1, 0.15) is 34.1 Å². The largest absolute Gasteiger partial charge is 0.458 e. The fourth-order valence-corrected chi connectivity index (χ4v) is 3.97. The lowest BCUT2D eigenvalue weighted by Gasteiger charge is -2.28. The van der Waals surface area contributed by atoms with Crippen molar-refractivity contribution in [2.45, 2.75) is 46.3 Å². The van der Waals surface area contributed by atoms with Crippen LogP contribution in [0.15, 0.2) is 46.6 Å². The fraction of sp³-hybridized carbons (Fsp3) is 0.450. The van der Waals surface area contributed by atoms with Gasteiger partial charge in [0.1, 0.15) is 12.2 Å². The molecule has 0 unspecified atom stereocenters. The monoisotopic (exact) mass is 342 g/mol. The number of carbonyl (C=O) groups is 3. The molecule has 0 spiro atoms. The van der Waals surface area contributed by atoms with Crippen molar-refractivity contribution in [3.05, 3.63) is 46.6 Å². The number of ketones is 1.